The van der Waals surface area contributed by atoms with Crippen molar-refractivity contribution in [2.24, 2.45) is 0 Å². The van der Waals surface area contributed by atoms with E-state index in [4.69, 9.17) is 14.2 Å². The van der Waals surface area contributed by atoms with Crippen molar-refractivity contribution < 1.29 is 28.6 Å². The van der Waals surface area contributed by atoms with Crippen LogP contribution in [0.2, 0.25) is 0 Å². The lowest BCUT2D eigenvalue weighted by atomic mass is 10.1. The highest BCUT2D eigenvalue weighted by Crippen LogP contribution is 2.15. The van der Waals surface area contributed by atoms with Gasteiger partial charge in [0.05, 0.1) is 0 Å². The third kappa shape index (κ3) is 50.1. The van der Waals surface area contributed by atoms with Crippen LogP contribution in [-0.2, 0) is 28.6 Å². The lowest BCUT2D eigenvalue weighted by Crippen LogP contribution is -2.30. The van der Waals surface area contributed by atoms with E-state index in [1.165, 1.54) is 135 Å². The molecule has 0 aliphatic heterocycles. The average molecular weight is 895 g/mol. The predicted octanol–water partition coefficient (Wildman–Crippen LogP) is 18.0. The van der Waals surface area contributed by atoms with Gasteiger partial charge in [-0.05, 0) is 103 Å². The van der Waals surface area contributed by atoms with Crippen molar-refractivity contribution in [1.29, 1.82) is 0 Å². The van der Waals surface area contributed by atoms with Gasteiger partial charge < -0.3 is 14.2 Å². The number of carbonyl (C=O) groups is 3. The molecule has 64 heavy (non-hydrogen) atoms. The Kier molecular flexibility index (Phi) is 50.4. The Balaban J connectivity index is 4.37. The quantitative estimate of drug-likeness (QED) is 0.0262. The van der Waals surface area contributed by atoms with Crippen LogP contribution in [0.4, 0.5) is 0 Å². The van der Waals surface area contributed by atoms with E-state index >= 15 is 0 Å². The summed E-state index contributed by atoms with van der Waals surface area (Å²) < 4.78 is 16.8. The van der Waals surface area contributed by atoms with Crippen molar-refractivity contribution in [2.45, 2.75) is 277 Å². The van der Waals surface area contributed by atoms with Gasteiger partial charge in [0.1, 0.15) is 13.2 Å². The fraction of sp³-hybridized carbons (Fsp3) is 0.776. The maximum Gasteiger partial charge on any atom is 0.306 e. The molecule has 0 saturated heterocycles. The van der Waals surface area contributed by atoms with Gasteiger partial charge in [0, 0.05) is 19.3 Å². The number of hydrogen-bond donors (Lipinski definition) is 0. The van der Waals surface area contributed by atoms with Gasteiger partial charge in [-0.1, -0.05) is 210 Å². The van der Waals surface area contributed by atoms with E-state index in [0.717, 1.165) is 96.3 Å². The molecule has 0 N–H and O–H groups in total. The summed E-state index contributed by atoms with van der Waals surface area (Å²) in [5, 5.41) is 0. The monoisotopic (exact) mass is 895 g/mol. The fourth-order valence-electron chi connectivity index (χ4n) is 7.54. The van der Waals surface area contributed by atoms with Crippen molar-refractivity contribution in [3.8, 4) is 0 Å². The van der Waals surface area contributed by atoms with Crippen LogP contribution in [-0.4, -0.2) is 37.2 Å². The molecule has 0 saturated carbocycles. The van der Waals surface area contributed by atoms with Gasteiger partial charge >= 0.3 is 17.9 Å². The lowest BCUT2D eigenvalue weighted by Gasteiger charge is -2.18. The highest BCUT2D eigenvalue weighted by Gasteiger charge is 2.19. The molecule has 370 valence electrons. The molecule has 0 bridgehead atoms. The molecular formula is C58H102O6. The van der Waals surface area contributed by atoms with Gasteiger partial charge in [0.15, 0.2) is 6.10 Å². The maximum absolute atomic E-state index is 12.8. The summed E-state index contributed by atoms with van der Waals surface area (Å²) in [5.74, 6) is -0.905. The van der Waals surface area contributed by atoms with E-state index in [9.17, 15) is 14.4 Å². The van der Waals surface area contributed by atoms with E-state index in [2.05, 4.69) is 81.5 Å². The first-order chi connectivity index (χ1) is 31.5. The zero-order valence-corrected chi connectivity index (χ0v) is 42.3. The molecule has 0 amide bonds. The molecule has 6 heteroatoms. The molecule has 0 radical (unpaired) electrons. The minimum absolute atomic E-state index is 0.0843. The van der Waals surface area contributed by atoms with Crippen LogP contribution in [0.25, 0.3) is 0 Å². The summed E-state index contributed by atoms with van der Waals surface area (Å²) in [5.41, 5.74) is 0. The van der Waals surface area contributed by atoms with E-state index < -0.39 is 6.10 Å². The summed E-state index contributed by atoms with van der Waals surface area (Å²) in [4.78, 5) is 38.0. The molecule has 0 rings (SSSR count). The number of unbranched alkanes of at least 4 members (excludes halogenated alkanes) is 28. The number of carbonyl (C=O) groups excluding carboxylic acids is 3. The molecule has 1 atom stereocenters. The standard InChI is InChI=1S/C58H102O6/c1-4-7-10-13-16-19-22-25-27-28-29-30-31-34-36-39-42-45-48-51-57(60)63-54-55(53-62-56(59)50-47-44-41-38-35-32-24-21-18-15-12-9-6-3)64-58(61)52-49-46-43-40-37-33-26-23-20-17-14-11-8-5-2/h14,16-17,19,21,23-27,55H,4-13,15,18,20,22,28-54H2,1-3H3/b17-14+,19-16+,24-21+,26-23+,27-25+/t55-/m1/s1. The van der Waals surface area contributed by atoms with Gasteiger partial charge in [-0.15, -0.1) is 0 Å². The molecular weight excluding hydrogens is 793 g/mol. The number of hydrogen-bond acceptors (Lipinski definition) is 6. The smallest absolute Gasteiger partial charge is 0.306 e. The number of allylic oxidation sites excluding steroid dienone is 10. The van der Waals surface area contributed by atoms with Crippen molar-refractivity contribution in [2.75, 3.05) is 13.2 Å². The zero-order chi connectivity index (χ0) is 46.5. The van der Waals surface area contributed by atoms with Crippen molar-refractivity contribution in [1.82, 2.24) is 0 Å². The van der Waals surface area contributed by atoms with Crippen LogP contribution in [0, 0.1) is 0 Å². The Morgan fingerprint density at radius 2 is 0.578 bits per heavy atom. The highest BCUT2D eigenvalue weighted by atomic mass is 16.6. The first-order valence-electron chi connectivity index (χ1n) is 27.3. The molecule has 0 unspecified atom stereocenters. The second-order valence-electron chi connectivity index (χ2n) is 18.1. The SMILES string of the molecule is CCCC/C=C/C/C=C/CCCCCCCC(=O)O[C@H](COC(=O)CCCCCCC/C=C/CCCCCC)COC(=O)CCCCCCCCCCC/C=C/C/C=C/CCCCC. The highest BCUT2D eigenvalue weighted by molar-refractivity contribution is 5.71. The molecule has 0 spiro atoms. The van der Waals surface area contributed by atoms with Gasteiger partial charge in [-0.25, -0.2) is 0 Å². The first kappa shape index (κ1) is 61.1. The summed E-state index contributed by atoms with van der Waals surface area (Å²) in [6.07, 6.45) is 64.8. The molecule has 0 aromatic heterocycles. The maximum atomic E-state index is 12.8. The molecule has 6 nitrogen and oxygen atoms in total. The molecule has 0 aromatic rings. The second-order valence-corrected chi connectivity index (χ2v) is 18.1. The molecule has 0 heterocycles. The lowest BCUT2D eigenvalue weighted by molar-refractivity contribution is -0.167. The van der Waals surface area contributed by atoms with Crippen LogP contribution in [0.3, 0.4) is 0 Å². The molecule has 0 fully saturated rings. The van der Waals surface area contributed by atoms with Crippen molar-refractivity contribution >= 4 is 17.9 Å². The second kappa shape index (κ2) is 52.7. The number of esters is 3. The van der Waals surface area contributed by atoms with E-state index in [1.54, 1.807) is 0 Å². The number of ether oxygens (including phenoxy) is 3. The molecule has 0 aliphatic carbocycles. The summed E-state index contributed by atoms with van der Waals surface area (Å²) in [7, 11) is 0. The minimum atomic E-state index is -0.786. The van der Waals surface area contributed by atoms with Crippen LogP contribution in [0.1, 0.15) is 271 Å². The Morgan fingerprint density at radius 1 is 0.312 bits per heavy atom. The van der Waals surface area contributed by atoms with E-state index in [0.29, 0.717) is 19.3 Å². The van der Waals surface area contributed by atoms with Crippen molar-refractivity contribution in [3.05, 3.63) is 60.8 Å². The molecule has 0 aliphatic rings. The summed E-state index contributed by atoms with van der Waals surface area (Å²) in [6.45, 7) is 6.55. The third-order valence-electron chi connectivity index (χ3n) is 11.7. The number of rotatable bonds is 49. The average Bonchev–Trinajstić information content (AvgIpc) is 3.29. The minimum Gasteiger partial charge on any atom is -0.462 e. The predicted molar refractivity (Wildman–Crippen MR) is 275 cm³/mol. The van der Waals surface area contributed by atoms with E-state index in [-0.39, 0.29) is 31.1 Å². The van der Waals surface area contributed by atoms with Gasteiger partial charge in [-0.3, -0.25) is 14.4 Å². The van der Waals surface area contributed by atoms with Crippen LogP contribution in [0.15, 0.2) is 60.8 Å². The first-order valence-corrected chi connectivity index (χ1v) is 27.3. The Bertz CT molecular complexity index is 1170. The van der Waals surface area contributed by atoms with Crippen molar-refractivity contribution in [3.63, 3.8) is 0 Å². The Hall–Kier alpha value is -2.89. The van der Waals surface area contributed by atoms with Gasteiger partial charge in [-0.2, -0.15) is 0 Å². The molecule has 0 aromatic carbocycles. The largest absolute Gasteiger partial charge is 0.462 e. The van der Waals surface area contributed by atoms with Crippen LogP contribution in [0.5, 0.6) is 0 Å². The van der Waals surface area contributed by atoms with Crippen LogP contribution < -0.4 is 0 Å². The Labute approximate surface area is 396 Å². The van der Waals surface area contributed by atoms with Crippen LogP contribution >= 0.6 is 0 Å². The van der Waals surface area contributed by atoms with Gasteiger partial charge in [0.2, 0.25) is 0 Å². The van der Waals surface area contributed by atoms with E-state index in [1.807, 2.05) is 0 Å². The summed E-state index contributed by atoms with van der Waals surface area (Å²) >= 11 is 0. The Morgan fingerprint density at radius 3 is 0.953 bits per heavy atom. The topological polar surface area (TPSA) is 78.9 Å². The van der Waals surface area contributed by atoms with Gasteiger partial charge in [0.25, 0.3) is 0 Å². The zero-order valence-electron chi connectivity index (χ0n) is 42.3. The third-order valence-corrected chi connectivity index (χ3v) is 11.7. The summed E-state index contributed by atoms with van der Waals surface area (Å²) in [6, 6.07) is 0. The normalized spacial score (nSPS) is 12.5. The fourth-order valence-corrected chi connectivity index (χ4v) is 7.54.